The van der Waals surface area contributed by atoms with E-state index in [-0.39, 0.29) is 0 Å². The molecule has 0 spiro atoms. The molecule has 0 unspecified atom stereocenters. The van der Waals surface area contributed by atoms with E-state index in [4.69, 9.17) is 0 Å². The van der Waals surface area contributed by atoms with Gasteiger partial charge in [-0.1, -0.05) is 103 Å². The average molecular weight is 535 g/mol. The lowest BCUT2D eigenvalue weighted by molar-refractivity contribution is 1.17. The van der Waals surface area contributed by atoms with E-state index < -0.39 is 0 Å². The Balaban J connectivity index is 1.42. The number of hydrogen-bond donors (Lipinski definition) is 0. The van der Waals surface area contributed by atoms with Crippen molar-refractivity contribution in [2.24, 2.45) is 0 Å². The first kappa shape index (κ1) is 23.1. The molecule has 0 N–H and O–H groups in total. The fourth-order valence-corrected chi connectivity index (χ4v) is 6.83. The highest BCUT2D eigenvalue weighted by Gasteiger charge is 2.20. The summed E-state index contributed by atoms with van der Waals surface area (Å²) in [5.74, 6) is 0. The largest absolute Gasteiger partial charge is 0.309 e. The van der Waals surface area contributed by atoms with Crippen LogP contribution in [0.1, 0.15) is 0 Å². The summed E-state index contributed by atoms with van der Waals surface area (Å²) >= 11 is 0. The molecule has 0 aliphatic heterocycles. The first-order valence-electron chi connectivity index (χ1n) is 14.5. The number of nitrogens with zero attached hydrogens (tertiary/aromatic N) is 2. The topological polar surface area (TPSA) is 9.86 Å². The van der Waals surface area contributed by atoms with E-state index in [0.29, 0.717) is 0 Å². The van der Waals surface area contributed by atoms with Gasteiger partial charge in [0.05, 0.1) is 22.1 Å². The molecule has 9 aromatic rings. The number of rotatable bonds is 3. The molecule has 0 atom stereocenters. The van der Waals surface area contributed by atoms with E-state index in [1.165, 1.54) is 76.9 Å². The number of para-hydroxylation sites is 3. The van der Waals surface area contributed by atoms with Crippen molar-refractivity contribution in [3.63, 3.8) is 0 Å². The van der Waals surface area contributed by atoms with Crippen LogP contribution in [0.5, 0.6) is 0 Å². The van der Waals surface area contributed by atoms with Gasteiger partial charge in [-0.3, -0.25) is 0 Å². The van der Waals surface area contributed by atoms with Gasteiger partial charge in [-0.2, -0.15) is 0 Å². The molecule has 0 saturated heterocycles. The highest BCUT2D eigenvalue weighted by Crippen LogP contribution is 2.43. The molecule has 7 aromatic carbocycles. The van der Waals surface area contributed by atoms with Crippen molar-refractivity contribution in [3.05, 3.63) is 158 Å². The summed E-state index contributed by atoms with van der Waals surface area (Å²) in [7, 11) is 0. The van der Waals surface area contributed by atoms with Crippen molar-refractivity contribution >= 4 is 54.4 Å². The molecule has 42 heavy (non-hydrogen) atoms. The fraction of sp³-hybridized carbons (Fsp3) is 0. The van der Waals surface area contributed by atoms with Crippen LogP contribution in [0.4, 0.5) is 0 Å². The fourth-order valence-electron chi connectivity index (χ4n) is 6.83. The molecule has 2 heterocycles. The Morgan fingerprint density at radius 3 is 1.55 bits per heavy atom. The van der Waals surface area contributed by atoms with Gasteiger partial charge in [-0.15, -0.1) is 0 Å². The van der Waals surface area contributed by atoms with Gasteiger partial charge in [0.1, 0.15) is 0 Å². The molecule has 0 fully saturated rings. The van der Waals surface area contributed by atoms with Crippen LogP contribution < -0.4 is 0 Å². The van der Waals surface area contributed by atoms with Gasteiger partial charge in [-0.05, 0) is 76.5 Å². The highest BCUT2D eigenvalue weighted by molar-refractivity contribution is 6.29. The van der Waals surface area contributed by atoms with Gasteiger partial charge < -0.3 is 9.13 Å². The third kappa shape index (κ3) is 3.33. The molecule has 2 aromatic heterocycles. The van der Waals surface area contributed by atoms with Crippen LogP contribution in [0.25, 0.3) is 76.9 Å². The van der Waals surface area contributed by atoms with E-state index in [0.717, 1.165) is 0 Å². The third-order valence-electron chi connectivity index (χ3n) is 8.68. The predicted molar refractivity (Wildman–Crippen MR) is 178 cm³/mol. The second-order valence-corrected chi connectivity index (χ2v) is 11.0. The Morgan fingerprint density at radius 2 is 0.833 bits per heavy atom. The second kappa shape index (κ2) is 8.95. The normalized spacial score (nSPS) is 11.8. The van der Waals surface area contributed by atoms with E-state index >= 15 is 0 Å². The zero-order chi connectivity index (χ0) is 27.6. The molecule has 9 rings (SSSR count). The Labute approximate surface area is 243 Å². The maximum Gasteiger partial charge on any atom is 0.0548 e. The van der Waals surface area contributed by atoms with Crippen molar-refractivity contribution in [2.75, 3.05) is 0 Å². The highest BCUT2D eigenvalue weighted by atomic mass is 15.0. The molecule has 0 amide bonds. The van der Waals surface area contributed by atoms with Crippen LogP contribution in [-0.4, -0.2) is 9.13 Å². The van der Waals surface area contributed by atoms with E-state index in [9.17, 15) is 0 Å². The smallest absolute Gasteiger partial charge is 0.0548 e. The van der Waals surface area contributed by atoms with Crippen molar-refractivity contribution in [3.8, 4) is 22.5 Å². The lowest BCUT2D eigenvalue weighted by Gasteiger charge is -2.10. The minimum atomic E-state index is 1.17. The monoisotopic (exact) mass is 534 g/mol. The van der Waals surface area contributed by atoms with Crippen LogP contribution in [0, 0.1) is 0 Å². The number of fused-ring (bicyclic) bond motifs is 8. The number of benzene rings is 7. The van der Waals surface area contributed by atoms with Crippen molar-refractivity contribution < 1.29 is 0 Å². The summed E-state index contributed by atoms with van der Waals surface area (Å²) in [6.07, 6.45) is 0. The first-order valence-corrected chi connectivity index (χ1v) is 14.5. The standard InChI is InChI=1S/C40H26N2/c1-3-13-31(14-4-1)41-35-18-10-9-17-33(35)39-36(41)23-24-37-40(39)34-22-21-30(26-38(34)42(37)32-15-5-2-6-16-32)29-20-19-27-11-7-8-12-28(27)25-29/h1-26H. The second-order valence-electron chi connectivity index (χ2n) is 11.0. The maximum atomic E-state index is 2.43. The Morgan fingerprint density at radius 1 is 0.310 bits per heavy atom. The maximum absolute atomic E-state index is 2.43. The Bertz CT molecular complexity index is 2440. The molecule has 0 aliphatic carbocycles. The molecule has 196 valence electrons. The van der Waals surface area contributed by atoms with Gasteiger partial charge in [0, 0.05) is 32.9 Å². The van der Waals surface area contributed by atoms with Crippen LogP contribution in [0.3, 0.4) is 0 Å². The molecule has 2 nitrogen and oxygen atoms in total. The van der Waals surface area contributed by atoms with Crippen molar-refractivity contribution in [1.82, 2.24) is 9.13 Å². The van der Waals surface area contributed by atoms with Gasteiger partial charge in [0.25, 0.3) is 0 Å². The van der Waals surface area contributed by atoms with Gasteiger partial charge in [-0.25, -0.2) is 0 Å². The van der Waals surface area contributed by atoms with Gasteiger partial charge in [0.2, 0.25) is 0 Å². The summed E-state index contributed by atoms with van der Waals surface area (Å²) in [5.41, 5.74) is 9.66. The van der Waals surface area contributed by atoms with E-state index in [1.54, 1.807) is 0 Å². The van der Waals surface area contributed by atoms with E-state index in [1.807, 2.05) is 0 Å². The lowest BCUT2D eigenvalue weighted by atomic mass is 9.99. The van der Waals surface area contributed by atoms with Crippen LogP contribution in [0.2, 0.25) is 0 Å². The van der Waals surface area contributed by atoms with Gasteiger partial charge in [0.15, 0.2) is 0 Å². The molecule has 0 saturated carbocycles. The van der Waals surface area contributed by atoms with Crippen LogP contribution in [-0.2, 0) is 0 Å². The summed E-state index contributed by atoms with van der Waals surface area (Å²) in [5, 5.41) is 7.65. The van der Waals surface area contributed by atoms with Crippen LogP contribution in [0.15, 0.2) is 158 Å². The molecule has 0 aliphatic rings. The van der Waals surface area contributed by atoms with Crippen molar-refractivity contribution in [2.45, 2.75) is 0 Å². The van der Waals surface area contributed by atoms with E-state index in [2.05, 4.69) is 167 Å². The lowest BCUT2D eigenvalue weighted by Crippen LogP contribution is -1.94. The third-order valence-corrected chi connectivity index (χ3v) is 8.68. The molecule has 0 bridgehead atoms. The summed E-state index contributed by atoms with van der Waals surface area (Å²) < 4.78 is 4.84. The Kier molecular flexibility index (Phi) is 4.93. The Hall–Kier alpha value is -5.60. The molecular weight excluding hydrogens is 508 g/mol. The van der Waals surface area contributed by atoms with Gasteiger partial charge >= 0.3 is 0 Å². The van der Waals surface area contributed by atoms with Crippen LogP contribution >= 0.6 is 0 Å². The zero-order valence-corrected chi connectivity index (χ0v) is 22.9. The van der Waals surface area contributed by atoms with Crippen molar-refractivity contribution in [1.29, 1.82) is 0 Å². The first-order chi connectivity index (χ1) is 20.8. The SMILES string of the molecule is c1ccc(-n2c3ccccc3c3c4c5ccc(-c6ccc7ccccc7c6)cc5n(-c5ccccc5)c4ccc32)cc1. The summed E-state index contributed by atoms with van der Waals surface area (Å²) in [6, 6.07) is 57.2. The summed E-state index contributed by atoms with van der Waals surface area (Å²) in [4.78, 5) is 0. The predicted octanol–water partition coefficient (Wildman–Crippen LogP) is 10.7. The number of hydrogen-bond acceptors (Lipinski definition) is 0. The zero-order valence-electron chi connectivity index (χ0n) is 22.9. The molecule has 0 radical (unpaired) electrons. The minimum Gasteiger partial charge on any atom is -0.309 e. The average Bonchev–Trinajstić information content (AvgIpc) is 3.57. The minimum absolute atomic E-state index is 1.17. The number of aromatic nitrogens is 2. The summed E-state index contributed by atoms with van der Waals surface area (Å²) in [6.45, 7) is 0. The molecular formula is C40H26N2. The molecule has 2 heteroatoms. The quantitative estimate of drug-likeness (QED) is 0.213.